The third-order valence-electron chi connectivity index (χ3n) is 1.39. The number of hydrogen-bond donors (Lipinski definition) is 1. The number of carbonyl (C=O) groups excluding carboxylic acids is 1. The summed E-state index contributed by atoms with van der Waals surface area (Å²) in [7, 11) is 0. The van der Waals surface area contributed by atoms with Gasteiger partial charge in [0.1, 0.15) is 5.60 Å². The van der Waals surface area contributed by atoms with Gasteiger partial charge in [0.15, 0.2) is 0 Å². The fourth-order valence-electron chi connectivity index (χ4n) is 0.777. The Labute approximate surface area is 82.3 Å². The van der Waals surface area contributed by atoms with E-state index in [1.807, 2.05) is 20.8 Å². The molecule has 13 heavy (non-hydrogen) atoms. The first-order valence-corrected chi connectivity index (χ1v) is 4.78. The molecule has 0 atom stereocenters. The Kier molecular flexibility index (Phi) is 4.81. The fourth-order valence-corrected chi connectivity index (χ4v) is 0.777. The van der Waals surface area contributed by atoms with E-state index in [0.29, 0.717) is 12.5 Å². The second kappa shape index (κ2) is 5.10. The summed E-state index contributed by atoms with van der Waals surface area (Å²) in [6.45, 7) is 10.5. The van der Waals surface area contributed by atoms with E-state index in [-0.39, 0.29) is 7.52 Å². The van der Waals surface area contributed by atoms with Gasteiger partial charge in [-0.1, -0.05) is 13.8 Å². The highest BCUT2D eigenvalue weighted by Crippen LogP contribution is 2.06. The van der Waals surface area contributed by atoms with E-state index in [2.05, 4.69) is 19.2 Å². The van der Waals surface area contributed by atoms with Gasteiger partial charge in [0.05, 0.1) is 0 Å². The number of rotatable bonds is 3. The molecular weight excluding hydrogens is 166 g/mol. The summed E-state index contributed by atoms with van der Waals surface area (Å²) in [4.78, 5) is 11.1. The first-order valence-electron chi connectivity index (χ1n) is 4.78. The highest BCUT2D eigenvalue weighted by Gasteiger charge is 2.15. The van der Waals surface area contributed by atoms with Crippen LogP contribution in [-0.2, 0) is 4.74 Å². The lowest BCUT2D eigenvalue weighted by Gasteiger charge is -2.19. The lowest BCUT2D eigenvalue weighted by Crippen LogP contribution is -2.33. The molecule has 0 saturated heterocycles. The van der Waals surface area contributed by atoms with Crippen molar-refractivity contribution in [1.82, 2.24) is 5.32 Å². The van der Waals surface area contributed by atoms with Gasteiger partial charge >= 0.3 is 6.09 Å². The molecule has 0 aliphatic carbocycles. The minimum absolute atomic E-state index is 0. The molecule has 80 valence electrons. The number of carbonyl (C=O) groups is 1. The molecule has 0 aromatic rings. The molecule has 0 bridgehead atoms. The van der Waals surface area contributed by atoms with E-state index in [0.717, 1.165) is 6.42 Å². The van der Waals surface area contributed by atoms with Crippen LogP contribution in [0.25, 0.3) is 0 Å². The molecule has 0 aromatic carbocycles. The number of alkyl carbamates (subject to hydrolysis) is 1. The van der Waals surface area contributed by atoms with Crippen molar-refractivity contribution in [1.29, 1.82) is 0 Å². The predicted octanol–water partition coefficient (Wildman–Crippen LogP) is 2.80. The summed E-state index contributed by atoms with van der Waals surface area (Å²) in [6, 6.07) is 0. The van der Waals surface area contributed by atoms with Crippen molar-refractivity contribution in [3.63, 3.8) is 0 Å². The molecule has 0 heterocycles. The summed E-state index contributed by atoms with van der Waals surface area (Å²) in [6.07, 6.45) is 0.660. The zero-order valence-corrected chi connectivity index (χ0v) is 9.31. The average Bonchev–Trinajstić information content (AvgIpc) is 1.81. The Hall–Kier alpha value is -0.730. The van der Waals surface area contributed by atoms with Crippen LogP contribution in [0.5, 0.6) is 0 Å². The Morgan fingerprint density at radius 1 is 1.46 bits per heavy atom. The van der Waals surface area contributed by atoms with Crippen molar-refractivity contribution in [2.24, 2.45) is 5.92 Å². The molecule has 0 aromatic heterocycles. The molecule has 0 aliphatic heterocycles. The van der Waals surface area contributed by atoms with Crippen molar-refractivity contribution in [3.05, 3.63) is 0 Å². The fraction of sp³-hybridized carbons (Fsp3) is 0.900. The normalized spacial score (nSPS) is 11.5. The van der Waals surface area contributed by atoms with Gasteiger partial charge < -0.3 is 10.1 Å². The number of nitrogens with one attached hydrogen (secondary N) is 1. The van der Waals surface area contributed by atoms with Crippen molar-refractivity contribution in [3.8, 4) is 0 Å². The van der Waals surface area contributed by atoms with Gasteiger partial charge in [-0.2, -0.15) is 0 Å². The van der Waals surface area contributed by atoms with Crippen LogP contribution in [0.4, 0.5) is 4.79 Å². The SMILES string of the molecule is CC(C)CCNC(=O)OC(C)(C)C.[HH]. The molecule has 0 spiro atoms. The summed E-state index contributed by atoms with van der Waals surface area (Å²) in [5.41, 5.74) is -0.401. The minimum atomic E-state index is -0.401. The summed E-state index contributed by atoms with van der Waals surface area (Å²) >= 11 is 0. The second-order valence-electron chi connectivity index (χ2n) is 4.61. The highest BCUT2D eigenvalue weighted by molar-refractivity contribution is 5.67. The summed E-state index contributed by atoms with van der Waals surface area (Å²) < 4.78 is 5.07. The Balaban J connectivity index is 0. The van der Waals surface area contributed by atoms with E-state index in [4.69, 9.17) is 4.74 Å². The van der Waals surface area contributed by atoms with E-state index < -0.39 is 5.60 Å². The zero-order chi connectivity index (χ0) is 10.5. The van der Waals surface area contributed by atoms with E-state index in [1.54, 1.807) is 0 Å². The van der Waals surface area contributed by atoms with E-state index in [1.165, 1.54) is 0 Å². The molecule has 0 unspecified atom stereocenters. The maximum absolute atomic E-state index is 11.1. The van der Waals surface area contributed by atoms with Gasteiger partial charge in [-0.15, -0.1) is 0 Å². The van der Waals surface area contributed by atoms with Crippen molar-refractivity contribution < 1.29 is 11.0 Å². The summed E-state index contributed by atoms with van der Waals surface area (Å²) in [5, 5.41) is 2.71. The third kappa shape index (κ3) is 9.18. The van der Waals surface area contributed by atoms with Gasteiger partial charge in [-0.25, -0.2) is 4.79 Å². The molecule has 0 fully saturated rings. The first kappa shape index (κ1) is 12.3. The van der Waals surface area contributed by atoms with E-state index in [9.17, 15) is 4.79 Å². The van der Waals surface area contributed by atoms with Gasteiger partial charge in [0.2, 0.25) is 0 Å². The molecule has 0 radical (unpaired) electrons. The van der Waals surface area contributed by atoms with Gasteiger partial charge in [-0.05, 0) is 33.1 Å². The maximum atomic E-state index is 11.1. The van der Waals surface area contributed by atoms with Crippen molar-refractivity contribution in [2.45, 2.75) is 46.6 Å². The van der Waals surface area contributed by atoms with E-state index >= 15 is 0 Å². The number of amides is 1. The lowest BCUT2D eigenvalue weighted by atomic mass is 10.1. The predicted molar refractivity (Wildman–Crippen MR) is 55.8 cm³/mol. The van der Waals surface area contributed by atoms with Crippen LogP contribution in [0.2, 0.25) is 0 Å². The largest absolute Gasteiger partial charge is 0.444 e. The molecule has 0 aliphatic rings. The maximum Gasteiger partial charge on any atom is 0.407 e. The Morgan fingerprint density at radius 2 is 2.00 bits per heavy atom. The average molecular weight is 189 g/mol. The van der Waals surface area contributed by atoms with Crippen LogP contribution in [0, 0.1) is 5.92 Å². The van der Waals surface area contributed by atoms with Crippen LogP contribution >= 0.6 is 0 Å². The van der Waals surface area contributed by atoms with Gasteiger partial charge in [0.25, 0.3) is 0 Å². The van der Waals surface area contributed by atoms with Crippen LogP contribution in [-0.4, -0.2) is 18.2 Å². The first-order chi connectivity index (χ1) is 5.81. The third-order valence-corrected chi connectivity index (χ3v) is 1.39. The van der Waals surface area contributed by atoms with Crippen molar-refractivity contribution >= 4 is 6.09 Å². The molecule has 0 saturated carbocycles. The molecular formula is C10H23NO2. The van der Waals surface area contributed by atoms with Gasteiger partial charge in [0, 0.05) is 7.97 Å². The topological polar surface area (TPSA) is 38.3 Å². The second-order valence-corrected chi connectivity index (χ2v) is 4.61. The van der Waals surface area contributed by atoms with Crippen LogP contribution in [0.1, 0.15) is 42.5 Å². The molecule has 0 rings (SSSR count). The quantitative estimate of drug-likeness (QED) is 0.741. The summed E-state index contributed by atoms with van der Waals surface area (Å²) in [5.74, 6) is 0.606. The molecule has 1 N–H and O–H groups in total. The van der Waals surface area contributed by atoms with Crippen LogP contribution in [0.15, 0.2) is 0 Å². The zero-order valence-electron chi connectivity index (χ0n) is 9.31. The molecule has 3 nitrogen and oxygen atoms in total. The van der Waals surface area contributed by atoms with Crippen LogP contribution in [0.3, 0.4) is 0 Å². The molecule has 3 heteroatoms. The standard InChI is InChI=1S/C10H21NO2.H2/c1-8(2)6-7-11-9(12)13-10(3,4)5;/h8H,6-7H2,1-5H3,(H,11,12);1H. The number of hydrogen-bond acceptors (Lipinski definition) is 2. The Morgan fingerprint density at radius 3 is 2.38 bits per heavy atom. The Bertz CT molecular complexity index is 164. The highest BCUT2D eigenvalue weighted by atomic mass is 16.6. The molecule has 1 amide bonds. The lowest BCUT2D eigenvalue weighted by molar-refractivity contribution is 0.0526. The smallest absolute Gasteiger partial charge is 0.407 e. The van der Waals surface area contributed by atoms with Crippen molar-refractivity contribution in [2.75, 3.05) is 6.54 Å². The monoisotopic (exact) mass is 189 g/mol. The minimum Gasteiger partial charge on any atom is -0.444 e. The number of ether oxygens (including phenoxy) is 1. The van der Waals surface area contributed by atoms with Gasteiger partial charge in [-0.3, -0.25) is 0 Å². The van der Waals surface area contributed by atoms with Crippen LogP contribution < -0.4 is 5.32 Å².